The van der Waals surface area contributed by atoms with E-state index in [1.165, 1.54) is 6.92 Å². The molecule has 7 N–H and O–H groups in total. The first-order valence-corrected chi connectivity index (χ1v) is 7.61. The van der Waals surface area contributed by atoms with E-state index < -0.39 is 60.6 Å². The van der Waals surface area contributed by atoms with Gasteiger partial charge in [0.2, 0.25) is 5.91 Å². The fraction of sp³-hybridized carbons (Fsp3) is 0.733. The van der Waals surface area contributed by atoms with Crippen molar-refractivity contribution in [3.63, 3.8) is 0 Å². The predicted molar refractivity (Wildman–Crippen MR) is 81.7 cm³/mol. The van der Waals surface area contributed by atoms with Crippen LogP contribution in [0.1, 0.15) is 19.8 Å². The molecule has 0 spiro atoms. The van der Waals surface area contributed by atoms with E-state index in [0.29, 0.717) is 0 Å². The Kier molecular flexibility index (Phi) is 7.30. The first kappa shape index (κ1) is 21.3. The van der Waals surface area contributed by atoms with Gasteiger partial charge in [-0.2, -0.15) is 0 Å². The highest BCUT2D eigenvalue weighted by Crippen LogP contribution is 2.35. The second-order valence-electron chi connectivity index (χ2n) is 5.90. The summed E-state index contributed by atoms with van der Waals surface area (Å²) in [6.45, 7) is 0.292. The van der Waals surface area contributed by atoms with Crippen LogP contribution in [0.25, 0.3) is 0 Å². The van der Waals surface area contributed by atoms with Gasteiger partial charge in [-0.3, -0.25) is 4.79 Å². The van der Waals surface area contributed by atoms with Gasteiger partial charge in [-0.1, -0.05) is 6.92 Å². The van der Waals surface area contributed by atoms with Gasteiger partial charge in [0, 0.05) is 18.8 Å². The van der Waals surface area contributed by atoms with Gasteiger partial charge in [-0.25, -0.2) is 4.79 Å². The number of terminal acetylenes is 1. The van der Waals surface area contributed by atoms with E-state index in [2.05, 4.69) is 11.2 Å². The Morgan fingerprint density at radius 3 is 2.48 bits per heavy atom. The van der Waals surface area contributed by atoms with Crippen LogP contribution in [-0.2, 0) is 14.3 Å². The van der Waals surface area contributed by atoms with E-state index in [9.17, 15) is 35.1 Å². The van der Waals surface area contributed by atoms with Gasteiger partial charge in [0.1, 0.15) is 18.3 Å². The van der Waals surface area contributed by atoms with Gasteiger partial charge in [0.25, 0.3) is 5.79 Å². The molecule has 1 fully saturated rings. The summed E-state index contributed by atoms with van der Waals surface area (Å²) < 4.78 is 5.04. The maximum atomic E-state index is 11.9. The van der Waals surface area contributed by atoms with Crippen LogP contribution in [0.15, 0.2) is 0 Å². The summed E-state index contributed by atoms with van der Waals surface area (Å²) in [7, 11) is 0. The molecule has 0 radical (unpaired) electrons. The number of carbonyl (C=O) groups is 2. The predicted octanol–water partition coefficient (Wildman–Crippen LogP) is -3.23. The number of carboxylic acid groups (broad SMARTS) is 1. The van der Waals surface area contributed by atoms with Crippen molar-refractivity contribution in [3.8, 4) is 12.3 Å². The molecule has 1 aliphatic rings. The van der Waals surface area contributed by atoms with Crippen molar-refractivity contribution in [2.24, 2.45) is 5.92 Å². The second kappa shape index (κ2) is 8.57. The second-order valence-corrected chi connectivity index (χ2v) is 5.90. The molecular weight excluding hydrogens is 338 g/mol. The molecule has 0 aromatic carbocycles. The lowest BCUT2D eigenvalue weighted by atomic mass is 9.81. The standard InChI is InChI=1S/C15H23NO9/c1-3-4-5-9(19)16-10-11(20)7(2)15(24,14(22)23)25-13(10)12(21)8(18)6-17/h1,7-8,10-13,17-18,20-21,24H,4-6H2,2H3,(H,16,19)(H,22,23)/t7?,8-,10?,11?,12-,13?,15?/m1/s1. The highest BCUT2D eigenvalue weighted by atomic mass is 16.7. The largest absolute Gasteiger partial charge is 0.477 e. The third-order valence-corrected chi connectivity index (χ3v) is 4.22. The Bertz CT molecular complexity index is 534. The first-order valence-electron chi connectivity index (χ1n) is 7.61. The monoisotopic (exact) mass is 361 g/mol. The number of hydrogen-bond donors (Lipinski definition) is 7. The molecule has 5 unspecified atom stereocenters. The number of amides is 1. The highest BCUT2D eigenvalue weighted by Gasteiger charge is 2.58. The van der Waals surface area contributed by atoms with Crippen LogP contribution in [-0.4, -0.2) is 85.4 Å². The fourth-order valence-corrected chi connectivity index (χ4v) is 2.59. The van der Waals surface area contributed by atoms with Gasteiger partial charge in [-0.05, 0) is 0 Å². The Morgan fingerprint density at radius 1 is 1.40 bits per heavy atom. The molecule has 0 saturated carbocycles. The fourth-order valence-electron chi connectivity index (χ4n) is 2.59. The van der Waals surface area contributed by atoms with Crippen molar-refractivity contribution < 1.29 is 45.0 Å². The summed E-state index contributed by atoms with van der Waals surface area (Å²) in [6, 6.07) is -1.35. The van der Waals surface area contributed by atoms with Crippen molar-refractivity contribution in [1.29, 1.82) is 0 Å². The molecule has 7 atom stereocenters. The zero-order chi connectivity index (χ0) is 19.4. The maximum Gasteiger partial charge on any atom is 0.364 e. The number of carbonyl (C=O) groups excluding carboxylic acids is 1. The summed E-state index contributed by atoms with van der Waals surface area (Å²) >= 11 is 0. The number of aliphatic hydroxyl groups excluding tert-OH is 4. The van der Waals surface area contributed by atoms with Crippen molar-refractivity contribution in [2.75, 3.05) is 6.61 Å². The van der Waals surface area contributed by atoms with Gasteiger partial charge >= 0.3 is 5.97 Å². The average Bonchev–Trinajstić information content (AvgIpc) is 2.58. The Balaban J connectivity index is 3.14. The van der Waals surface area contributed by atoms with Crippen LogP contribution in [0.5, 0.6) is 0 Å². The summed E-state index contributed by atoms with van der Waals surface area (Å²) in [5.41, 5.74) is 0. The normalized spacial score (nSPS) is 34.6. The van der Waals surface area contributed by atoms with Crippen LogP contribution in [0.3, 0.4) is 0 Å². The first-order chi connectivity index (χ1) is 11.6. The molecule has 10 heteroatoms. The van der Waals surface area contributed by atoms with Crippen molar-refractivity contribution in [3.05, 3.63) is 0 Å². The molecule has 1 saturated heterocycles. The molecular formula is C15H23NO9. The molecule has 0 aromatic heterocycles. The zero-order valence-corrected chi connectivity index (χ0v) is 13.6. The molecule has 25 heavy (non-hydrogen) atoms. The van der Waals surface area contributed by atoms with Crippen LogP contribution in [0, 0.1) is 18.3 Å². The number of aliphatic carboxylic acids is 1. The lowest BCUT2D eigenvalue weighted by Gasteiger charge is -2.48. The third kappa shape index (κ3) is 4.46. The lowest BCUT2D eigenvalue weighted by molar-refractivity contribution is -0.317. The molecule has 1 heterocycles. The van der Waals surface area contributed by atoms with E-state index in [4.69, 9.17) is 16.3 Å². The van der Waals surface area contributed by atoms with Crippen molar-refractivity contribution in [2.45, 2.75) is 56.0 Å². The van der Waals surface area contributed by atoms with Gasteiger partial charge < -0.3 is 40.7 Å². The van der Waals surface area contributed by atoms with Crippen LogP contribution >= 0.6 is 0 Å². The van der Waals surface area contributed by atoms with E-state index in [1.54, 1.807) is 0 Å². The van der Waals surface area contributed by atoms with Gasteiger partial charge in [-0.15, -0.1) is 12.3 Å². The average molecular weight is 361 g/mol. The van der Waals surface area contributed by atoms with E-state index in [-0.39, 0.29) is 12.8 Å². The van der Waals surface area contributed by atoms with E-state index >= 15 is 0 Å². The number of ether oxygens (including phenoxy) is 1. The molecule has 1 amide bonds. The Labute approximate surface area is 144 Å². The smallest absolute Gasteiger partial charge is 0.364 e. The van der Waals surface area contributed by atoms with Crippen LogP contribution in [0.4, 0.5) is 0 Å². The minimum absolute atomic E-state index is 0.0946. The highest BCUT2D eigenvalue weighted by molar-refractivity contribution is 5.77. The topological polar surface area (TPSA) is 177 Å². The van der Waals surface area contributed by atoms with Crippen molar-refractivity contribution >= 4 is 11.9 Å². The SMILES string of the molecule is C#CCCC(=O)NC1C(O)C(C)C(O)(C(=O)O)OC1[C@H](O)[C@H](O)CO. The number of rotatable bonds is 7. The molecule has 142 valence electrons. The molecule has 0 bridgehead atoms. The molecule has 10 nitrogen and oxygen atoms in total. The number of nitrogens with one attached hydrogen (secondary N) is 1. The summed E-state index contributed by atoms with van der Waals surface area (Å²) in [5, 5.41) is 60.7. The summed E-state index contributed by atoms with van der Waals surface area (Å²) in [6.07, 6.45) is -1.91. The quantitative estimate of drug-likeness (QED) is 0.230. The molecule has 0 aromatic rings. The number of hydrogen-bond acceptors (Lipinski definition) is 8. The lowest BCUT2D eigenvalue weighted by Crippen LogP contribution is -2.70. The third-order valence-electron chi connectivity index (χ3n) is 4.22. The molecule has 1 rings (SSSR count). The van der Waals surface area contributed by atoms with Crippen LogP contribution < -0.4 is 5.32 Å². The maximum absolute atomic E-state index is 11.9. The summed E-state index contributed by atoms with van der Waals surface area (Å²) in [5.74, 6) is -4.40. The summed E-state index contributed by atoms with van der Waals surface area (Å²) in [4.78, 5) is 23.2. The molecule has 1 aliphatic heterocycles. The Hall–Kier alpha value is -1.74. The minimum atomic E-state index is -2.86. The van der Waals surface area contributed by atoms with Crippen molar-refractivity contribution in [1.82, 2.24) is 5.32 Å². The Morgan fingerprint density at radius 2 is 2.00 bits per heavy atom. The number of carboxylic acids is 1. The van der Waals surface area contributed by atoms with E-state index in [0.717, 1.165) is 0 Å². The van der Waals surface area contributed by atoms with Crippen LogP contribution in [0.2, 0.25) is 0 Å². The van der Waals surface area contributed by atoms with Gasteiger partial charge in [0.05, 0.1) is 18.8 Å². The number of aliphatic hydroxyl groups is 5. The van der Waals surface area contributed by atoms with E-state index in [1.807, 2.05) is 0 Å². The minimum Gasteiger partial charge on any atom is -0.477 e. The molecule has 0 aliphatic carbocycles. The zero-order valence-electron chi connectivity index (χ0n) is 13.6. The van der Waals surface area contributed by atoms with Gasteiger partial charge in [0.15, 0.2) is 0 Å².